The SMILES string of the molecule is CC1=C(/C=C/C(C)=C/C=C/C(C)=C\C=C\C=C(C)\C=C\C=C(C)\C=C\[C@@]23O[C@@H](CC2(C)C)C[C@@]3(C)O)C(C)(C)C[C@H](O)C1. The van der Waals surface area contributed by atoms with Crippen molar-refractivity contribution in [3.63, 3.8) is 0 Å². The number of aliphatic hydroxyl groups excluding tert-OH is 1. The van der Waals surface area contributed by atoms with Crippen molar-refractivity contribution in [3.8, 4) is 0 Å². The minimum Gasteiger partial charge on any atom is -0.393 e. The summed E-state index contributed by atoms with van der Waals surface area (Å²) in [5.74, 6) is 0. The van der Waals surface area contributed by atoms with E-state index in [9.17, 15) is 10.2 Å². The minimum atomic E-state index is -0.844. The third-order valence-electron chi connectivity index (χ3n) is 9.36. The smallest absolute Gasteiger partial charge is 0.120 e. The Morgan fingerprint density at radius 2 is 1.23 bits per heavy atom. The molecule has 0 aromatic rings. The molecule has 0 aromatic carbocycles. The third kappa shape index (κ3) is 8.69. The van der Waals surface area contributed by atoms with Crippen LogP contribution in [0.2, 0.25) is 0 Å². The van der Waals surface area contributed by atoms with Gasteiger partial charge in [0.05, 0.1) is 17.8 Å². The van der Waals surface area contributed by atoms with Crippen molar-refractivity contribution in [2.45, 2.75) is 118 Å². The first-order valence-corrected chi connectivity index (χ1v) is 15.9. The highest BCUT2D eigenvalue weighted by Gasteiger charge is 2.67. The molecule has 3 aliphatic rings. The van der Waals surface area contributed by atoms with Crippen molar-refractivity contribution in [1.29, 1.82) is 0 Å². The number of rotatable bonds is 10. The molecule has 2 bridgehead atoms. The van der Waals surface area contributed by atoms with E-state index in [1.54, 1.807) is 0 Å². The van der Waals surface area contributed by atoms with Crippen LogP contribution in [-0.4, -0.2) is 33.6 Å². The fraction of sp³-hybridized carbons (Fsp3) is 0.500. The van der Waals surface area contributed by atoms with E-state index in [2.05, 4.69) is 147 Å². The van der Waals surface area contributed by atoms with Crippen LogP contribution in [0.3, 0.4) is 0 Å². The van der Waals surface area contributed by atoms with Gasteiger partial charge in [-0.3, -0.25) is 0 Å². The van der Waals surface area contributed by atoms with Crippen LogP contribution < -0.4 is 0 Å². The zero-order valence-corrected chi connectivity index (χ0v) is 28.4. The Hall–Kier alpha value is -2.72. The molecule has 0 spiro atoms. The Morgan fingerprint density at radius 1 is 0.721 bits per heavy atom. The predicted molar refractivity (Wildman–Crippen MR) is 184 cm³/mol. The summed E-state index contributed by atoms with van der Waals surface area (Å²) in [6, 6.07) is 0. The highest BCUT2D eigenvalue weighted by molar-refractivity contribution is 5.38. The number of hydrogen-bond acceptors (Lipinski definition) is 3. The monoisotopic (exact) mass is 584 g/mol. The highest BCUT2D eigenvalue weighted by atomic mass is 16.5. The molecule has 0 aromatic heterocycles. The maximum atomic E-state index is 11.1. The standard InChI is InChI=1S/C40H56O3/c1-29(17-13-19-31(3)21-22-36-33(5)25-34(41)26-37(36,6)7)15-11-12-16-30(2)18-14-20-32(4)23-24-40-38(8,9)27-35(43-40)28-39(40,10)42/h11-24,34-35,41-42H,25-28H2,1-10H3/b12-11+,17-13+,18-14+,22-21+,24-23+,29-15-,30-16+,31-19+,32-20+/t34-,35+,39-,40-/m1/s1. The molecule has 43 heavy (non-hydrogen) atoms. The lowest BCUT2D eigenvalue weighted by molar-refractivity contribution is -0.115. The molecule has 3 rings (SSSR count). The lowest BCUT2D eigenvalue weighted by Crippen LogP contribution is -2.56. The summed E-state index contributed by atoms with van der Waals surface area (Å²) < 4.78 is 6.31. The van der Waals surface area contributed by atoms with Crippen LogP contribution in [0.25, 0.3) is 0 Å². The van der Waals surface area contributed by atoms with Gasteiger partial charge in [-0.1, -0.05) is 135 Å². The molecule has 3 nitrogen and oxygen atoms in total. The number of allylic oxidation sites excluding steroid dienone is 18. The largest absolute Gasteiger partial charge is 0.393 e. The minimum absolute atomic E-state index is 0.00123. The van der Waals surface area contributed by atoms with E-state index >= 15 is 0 Å². The van der Waals surface area contributed by atoms with E-state index in [-0.39, 0.29) is 23.0 Å². The van der Waals surface area contributed by atoms with Gasteiger partial charge in [-0.2, -0.15) is 0 Å². The van der Waals surface area contributed by atoms with Crippen molar-refractivity contribution < 1.29 is 14.9 Å². The van der Waals surface area contributed by atoms with Gasteiger partial charge in [0, 0.05) is 11.8 Å². The van der Waals surface area contributed by atoms with Crippen LogP contribution in [-0.2, 0) is 4.74 Å². The maximum Gasteiger partial charge on any atom is 0.120 e. The Kier molecular flexibility index (Phi) is 11.3. The van der Waals surface area contributed by atoms with E-state index in [4.69, 9.17) is 4.74 Å². The first-order chi connectivity index (χ1) is 20.0. The topological polar surface area (TPSA) is 49.7 Å². The van der Waals surface area contributed by atoms with Crippen LogP contribution in [0, 0.1) is 10.8 Å². The number of fused-ring (bicyclic) bond motifs is 2. The summed E-state index contributed by atoms with van der Waals surface area (Å²) in [5, 5.41) is 21.2. The molecule has 0 radical (unpaired) electrons. The number of ether oxygens (including phenoxy) is 1. The molecule has 2 heterocycles. The van der Waals surface area contributed by atoms with Crippen LogP contribution in [0.5, 0.6) is 0 Å². The second-order valence-electron chi connectivity index (χ2n) is 14.6. The third-order valence-corrected chi connectivity index (χ3v) is 9.36. The number of aliphatic hydroxyl groups is 2. The molecule has 0 unspecified atom stereocenters. The first kappa shape index (κ1) is 34.8. The second kappa shape index (κ2) is 13.9. The van der Waals surface area contributed by atoms with Crippen molar-refractivity contribution in [2.24, 2.45) is 10.8 Å². The summed E-state index contributed by atoms with van der Waals surface area (Å²) in [4.78, 5) is 0. The normalized spacial score (nSPS) is 32.3. The molecule has 2 N–H and O–H groups in total. The van der Waals surface area contributed by atoms with Crippen molar-refractivity contribution >= 4 is 0 Å². The van der Waals surface area contributed by atoms with Gasteiger partial charge in [0.25, 0.3) is 0 Å². The van der Waals surface area contributed by atoms with Crippen LogP contribution in [0.4, 0.5) is 0 Å². The summed E-state index contributed by atoms with van der Waals surface area (Å²) in [6.45, 7) is 21.3. The van der Waals surface area contributed by atoms with Crippen molar-refractivity contribution in [1.82, 2.24) is 0 Å². The zero-order chi connectivity index (χ0) is 32.1. The van der Waals surface area contributed by atoms with Crippen LogP contribution in [0.1, 0.15) is 94.9 Å². The molecule has 2 saturated heterocycles. The van der Waals surface area contributed by atoms with Crippen LogP contribution >= 0.6 is 0 Å². The lowest BCUT2D eigenvalue weighted by Gasteiger charge is -2.46. The summed E-state index contributed by atoms with van der Waals surface area (Å²) >= 11 is 0. The molecule has 2 aliphatic heterocycles. The van der Waals surface area contributed by atoms with Crippen LogP contribution in [0.15, 0.2) is 119 Å². The summed E-state index contributed by atoms with van der Waals surface area (Å²) in [6.07, 6.45) is 32.7. The van der Waals surface area contributed by atoms with E-state index in [0.717, 1.165) is 30.4 Å². The highest BCUT2D eigenvalue weighted by Crippen LogP contribution is 2.60. The van der Waals surface area contributed by atoms with Crippen molar-refractivity contribution in [3.05, 3.63) is 119 Å². The molecule has 0 saturated carbocycles. The van der Waals surface area contributed by atoms with Gasteiger partial charge >= 0.3 is 0 Å². The summed E-state index contributed by atoms with van der Waals surface area (Å²) in [7, 11) is 0. The number of hydrogen-bond donors (Lipinski definition) is 2. The quantitative estimate of drug-likeness (QED) is 0.251. The second-order valence-corrected chi connectivity index (χ2v) is 14.6. The van der Waals surface area contributed by atoms with Gasteiger partial charge in [0.1, 0.15) is 5.60 Å². The Morgan fingerprint density at radius 3 is 1.74 bits per heavy atom. The van der Waals surface area contributed by atoms with Gasteiger partial charge in [0.2, 0.25) is 0 Å². The predicted octanol–water partition coefficient (Wildman–Crippen LogP) is 9.76. The van der Waals surface area contributed by atoms with Gasteiger partial charge in [-0.25, -0.2) is 0 Å². The molecule has 234 valence electrons. The molecule has 0 amide bonds. The molecule has 2 fully saturated rings. The van der Waals surface area contributed by atoms with E-state index < -0.39 is 11.2 Å². The van der Waals surface area contributed by atoms with Crippen molar-refractivity contribution in [2.75, 3.05) is 0 Å². The fourth-order valence-corrected chi connectivity index (χ4v) is 7.18. The Labute approximate surface area is 262 Å². The Bertz CT molecular complexity index is 1310. The average molecular weight is 585 g/mol. The van der Waals surface area contributed by atoms with E-state index in [0.29, 0.717) is 6.42 Å². The molecule has 4 atom stereocenters. The average Bonchev–Trinajstić information content (AvgIpc) is 3.28. The van der Waals surface area contributed by atoms with Gasteiger partial charge in [0.15, 0.2) is 0 Å². The zero-order valence-electron chi connectivity index (χ0n) is 28.4. The van der Waals surface area contributed by atoms with E-state index in [1.807, 2.05) is 6.92 Å². The molecular formula is C40H56O3. The molecular weight excluding hydrogens is 528 g/mol. The van der Waals surface area contributed by atoms with Gasteiger partial charge in [-0.15, -0.1) is 0 Å². The maximum absolute atomic E-state index is 11.1. The fourth-order valence-electron chi connectivity index (χ4n) is 7.18. The Balaban J connectivity index is 1.52. The molecule has 3 heteroatoms. The lowest BCUT2D eigenvalue weighted by atomic mass is 9.61. The van der Waals surface area contributed by atoms with E-state index in [1.165, 1.54) is 22.3 Å². The summed E-state index contributed by atoms with van der Waals surface area (Å²) in [5.41, 5.74) is 5.72. The van der Waals surface area contributed by atoms with Gasteiger partial charge < -0.3 is 14.9 Å². The molecule has 1 aliphatic carbocycles. The first-order valence-electron chi connectivity index (χ1n) is 15.9. The van der Waals surface area contributed by atoms with Gasteiger partial charge in [-0.05, 0) is 77.9 Å².